The standard InChI is InChI=1S/C14H20ClN3S/c1-10(2)17(3)8-5-9-18-13-11(15)6-4-7-12(13)16-14(18)19/h4,6-7,10H,5,8-9H2,1-3H3,(H,16,19). The van der Waals surface area contributed by atoms with E-state index in [9.17, 15) is 0 Å². The molecule has 0 amide bonds. The lowest BCUT2D eigenvalue weighted by Gasteiger charge is -2.20. The van der Waals surface area contributed by atoms with Crippen LogP contribution in [0.3, 0.4) is 0 Å². The van der Waals surface area contributed by atoms with E-state index in [1.165, 1.54) is 0 Å². The zero-order valence-corrected chi connectivity index (χ0v) is 13.2. The third-order valence-corrected chi connectivity index (χ3v) is 4.14. The minimum Gasteiger partial charge on any atom is -0.331 e. The molecule has 0 saturated carbocycles. The zero-order chi connectivity index (χ0) is 14.0. The Kier molecular flexibility index (Phi) is 4.66. The van der Waals surface area contributed by atoms with Crippen molar-refractivity contribution in [3.63, 3.8) is 0 Å². The summed E-state index contributed by atoms with van der Waals surface area (Å²) < 4.78 is 2.84. The van der Waals surface area contributed by atoms with Gasteiger partial charge >= 0.3 is 0 Å². The van der Waals surface area contributed by atoms with Crippen molar-refractivity contribution in [3.8, 4) is 0 Å². The van der Waals surface area contributed by atoms with Crippen LogP contribution >= 0.6 is 23.8 Å². The van der Waals surface area contributed by atoms with Crippen molar-refractivity contribution in [1.82, 2.24) is 14.5 Å². The summed E-state index contributed by atoms with van der Waals surface area (Å²) in [6.45, 7) is 6.35. The largest absolute Gasteiger partial charge is 0.331 e. The van der Waals surface area contributed by atoms with Crippen LogP contribution in [0, 0.1) is 4.77 Å². The normalized spacial score (nSPS) is 11.9. The Hall–Kier alpha value is -0.840. The molecule has 1 aromatic heterocycles. The molecule has 0 atom stereocenters. The van der Waals surface area contributed by atoms with Crippen LogP contribution in [-0.4, -0.2) is 34.1 Å². The SMILES string of the molecule is CC(C)N(C)CCCn1c(=S)[nH]c2cccc(Cl)c21. The van der Waals surface area contributed by atoms with Gasteiger partial charge in [0.2, 0.25) is 0 Å². The molecule has 1 aromatic carbocycles. The number of hydrogen-bond acceptors (Lipinski definition) is 2. The van der Waals surface area contributed by atoms with Gasteiger partial charge in [-0.05, 0) is 58.2 Å². The summed E-state index contributed by atoms with van der Waals surface area (Å²) in [7, 11) is 2.14. The number of H-pyrrole nitrogens is 1. The Balaban J connectivity index is 2.17. The molecule has 5 heteroatoms. The lowest BCUT2D eigenvalue weighted by Crippen LogP contribution is -2.27. The Morgan fingerprint density at radius 2 is 2.16 bits per heavy atom. The number of aromatic nitrogens is 2. The molecular formula is C14H20ClN3S. The molecule has 104 valence electrons. The van der Waals surface area contributed by atoms with Gasteiger partial charge in [-0.25, -0.2) is 0 Å². The zero-order valence-electron chi connectivity index (χ0n) is 11.6. The summed E-state index contributed by atoms with van der Waals surface area (Å²) in [5, 5.41) is 0.752. The topological polar surface area (TPSA) is 24.0 Å². The van der Waals surface area contributed by atoms with Crippen LogP contribution in [0.4, 0.5) is 0 Å². The van der Waals surface area contributed by atoms with Crippen LogP contribution in [-0.2, 0) is 6.54 Å². The highest BCUT2D eigenvalue weighted by molar-refractivity contribution is 7.71. The summed E-state index contributed by atoms with van der Waals surface area (Å²) in [6, 6.07) is 6.42. The van der Waals surface area contributed by atoms with Gasteiger partial charge in [-0.1, -0.05) is 17.7 Å². The number of nitrogens with one attached hydrogen (secondary N) is 1. The molecule has 0 spiro atoms. The van der Waals surface area contributed by atoms with Gasteiger partial charge in [-0.15, -0.1) is 0 Å². The predicted octanol–water partition coefficient (Wildman–Crippen LogP) is 4.08. The molecule has 0 bridgehead atoms. The van der Waals surface area contributed by atoms with Crippen LogP contribution in [0.1, 0.15) is 20.3 Å². The summed E-state index contributed by atoms with van der Waals surface area (Å²) >= 11 is 11.6. The number of imidazole rings is 1. The highest BCUT2D eigenvalue weighted by Gasteiger charge is 2.08. The van der Waals surface area contributed by atoms with E-state index < -0.39 is 0 Å². The minimum absolute atomic E-state index is 0.569. The van der Waals surface area contributed by atoms with Crippen molar-refractivity contribution in [2.45, 2.75) is 32.9 Å². The van der Waals surface area contributed by atoms with E-state index in [0.29, 0.717) is 6.04 Å². The molecule has 2 aromatic rings. The van der Waals surface area contributed by atoms with Crippen molar-refractivity contribution >= 4 is 34.9 Å². The van der Waals surface area contributed by atoms with Crippen LogP contribution in [0.5, 0.6) is 0 Å². The van der Waals surface area contributed by atoms with E-state index in [-0.39, 0.29) is 0 Å². The first-order valence-corrected chi connectivity index (χ1v) is 7.36. The lowest BCUT2D eigenvalue weighted by molar-refractivity contribution is 0.266. The summed E-state index contributed by atoms with van der Waals surface area (Å²) in [5.74, 6) is 0. The first-order chi connectivity index (χ1) is 9.00. The van der Waals surface area contributed by atoms with Gasteiger partial charge in [0, 0.05) is 12.6 Å². The maximum atomic E-state index is 6.27. The second-order valence-electron chi connectivity index (χ2n) is 5.15. The minimum atomic E-state index is 0.569. The molecule has 1 heterocycles. The monoisotopic (exact) mass is 297 g/mol. The molecule has 0 fully saturated rings. The van der Waals surface area contributed by atoms with Crippen LogP contribution < -0.4 is 0 Å². The van der Waals surface area contributed by atoms with Crippen molar-refractivity contribution in [2.24, 2.45) is 0 Å². The third kappa shape index (κ3) is 3.19. The summed E-state index contributed by atoms with van der Waals surface area (Å²) in [6.07, 6.45) is 1.06. The molecule has 0 aliphatic heterocycles. The van der Waals surface area contributed by atoms with Gasteiger partial charge in [0.15, 0.2) is 4.77 Å². The maximum absolute atomic E-state index is 6.27. The Bertz CT molecular complexity index is 615. The number of nitrogens with zero attached hydrogens (tertiary/aromatic N) is 2. The van der Waals surface area contributed by atoms with Crippen molar-refractivity contribution < 1.29 is 0 Å². The lowest BCUT2D eigenvalue weighted by atomic mass is 10.3. The second-order valence-corrected chi connectivity index (χ2v) is 5.94. The Morgan fingerprint density at radius 3 is 2.84 bits per heavy atom. The molecule has 19 heavy (non-hydrogen) atoms. The van der Waals surface area contributed by atoms with Gasteiger partial charge in [0.05, 0.1) is 16.1 Å². The number of hydrogen-bond donors (Lipinski definition) is 1. The van der Waals surface area contributed by atoms with Crippen molar-refractivity contribution in [3.05, 3.63) is 28.0 Å². The average Bonchev–Trinajstić information content (AvgIpc) is 2.67. The second kappa shape index (κ2) is 6.07. The number of halogens is 1. The van der Waals surface area contributed by atoms with E-state index in [4.69, 9.17) is 23.8 Å². The molecule has 0 aliphatic rings. The number of benzene rings is 1. The van der Waals surface area contributed by atoms with Crippen LogP contribution in [0.2, 0.25) is 5.02 Å². The maximum Gasteiger partial charge on any atom is 0.178 e. The van der Waals surface area contributed by atoms with Crippen LogP contribution in [0.15, 0.2) is 18.2 Å². The summed E-state index contributed by atoms with van der Waals surface area (Å²) in [5.41, 5.74) is 2.02. The number of rotatable bonds is 5. The Morgan fingerprint density at radius 1 is 1.42 bits per heavy atom. The fourth-order valence-electron chi connectivity index (χ4n) is 2.12. The quantitative estimate of drug-likeness (QED) is 0.841. The van der Waals surface area contributed by atoms with E-state index in [1.807, 2.05) is 18.2 Å². The average molecular weight is 298 g/mol. The third-order valence-electron chi connectivity index (χ3n) is 3.52. The predicted molar refractivity (Wildman–Crippen MR) is 84.5 cm³/mol. The van der Waals surface area contributed by atoms with Gasteiger partial charge in [0.25, 0.3) is 0 Å². The highest BCUT2D eigenvalue weighted by Crippen LogP contribution is 2.23. The number of fused-ring (bicyclic) bond motifs is 1. The number of aryl methyl sites for hydroxylation is 1. The van der Waals surface area contributed by atoms with Crippen molar-refractivity contribution in [2.75, 3.05) is 13.6 Å². The molecule has 0 radical (unpaired) electrons. The smallest absolute Gasteiger partial charge is 0.178 e. The molecule has 0 unspecified atom stereocenters. The molecule has 0 aliphatic carbocycles. The van der Waals surface area contributed by atoms with Gasteiger partial charge in [-0.3, -0.25) is 0 Å². The van der Waals surface area contributed by atoms with Gasteiger partial charge in [0.1, 0.15) is 0 Å². The fraction of sp³-hybridized carbons (Fsp3) is 0.500. The van der Waals surface area contributed by atoms with E-state index in [0.717, 1.165) is 40.3 Å². The first-order valence-electron chi connectivity index (χ1n) is 6.58. The Labute approximate surface area is 124 Å². The van der Waals surface area contributed by atoms with E-state index in [2.05, 4.69) is 35.3 Å². The van der Waals surface area contributed by atoms with Gasteiger partial charge in [-0.2, -0.15) is 0 Å². The molecular weight excluding hydrogens is 278 g/mol. The van der Waals surface area contributed by atoms with Gasteiger partial charge < -0.3 is 14.5 Å². The molecule has 0 saturated heterocycles. The first kappa shape index (κ1) is 14.6. The van der Waals surface area contributed by atoms with Crippen molar-refractivity contribution in [1.29, 1.82) is 0 Å². The fourth-order valence-corrected chi connectivity index (χ4v) is 2.69. The van der Waals surface area contributed by atoms with Crippen LogP contribution in [0.25, 0.3) is 11.0 Å². The highest BCUT2D eigenvalue weighted by atomic mass is 35.5. The summed E-state index contributed by atoms with van der Waals surface area (Å²) in [4.78, 5) is 5.54. The van der Waals surface area contributed by atoms with E-state index >= 15 is 0 Å². The molecule has 2 rings (SSSR count). The molecule has 3 nitrogen and oxygen atoms in total. The number of para-hydroxylation sites is 1. The molecule has 1 N–H and O–H groups in total. The van der Waals surface area contributed by atoms with E-state index in [1.54, 1.807) is 0 Å². The number of aromatic amines is 1.